The third-order valence-corrected chi connectivity index (χ3v) is 3.78. The molecule has 6 heteroatoms. The van der Waals surface area contributed by atoms with Crippen LogP contribution in [0.2, 0.25) is 0 Å². The maximum Gasteiger partial charge on any atom is 0.251 e. The first-order valence-corrected chi connectivity index (χ1v) is 7.97. The highest BCUT2D eigenvalue weighted by Gasteiger charge is 2.16. The van der Waals surface area contributed by atoms with Gasteiger partial charge in [0.05, 0.1) is 11.0 Å². The summed E-state index contributed by atoms with van der Waals surface area (Å²) in [7, 11) is 0. The van der Waals surface area contributed by atoms with Crippen LogP contribution in [0, 0.1) is 0 Å². The molecule has 1 heterocycles. The third-order valence-electron chi connectivity index (χ3n) is 3.78. The first-order chi connectivity index (χ1) is 12.1. The normalized spacial score (nSPS) is 11.7. The maximum atomic E-state index is 12.3. The van der Waals surface area contributed by atoms with E-state index in [1.807, 2.05) is 30.3 Å². The third kappa shape index (κ3) is 4.17. The summed E-state index contributed by atoms with van der Waals surface area (Å²) in [5.74, 6) is -0.562. The molecular weight excluding hydrogens is 316 g/mol. The molecule has 1 aromatic heterocycles. The standard InChI is InChI=1S/C19H18N4O2/c1-13(18(24)22-12-14-5-3-2-4-6-14)23-19(25)15-7-8-16-17(11-15)21-10-9-20-16/h2-11,13H,12H2,1H3,(H,22,24)(H,23,25). The molecule has 3 aromatic rings. The molecule has 2 N–H and O–H groups in total. The molecule has 0 saturated heterocycles. The average molecular weight is 334 g/mol. The second-order valence-corrected chi connectivity index (χ2v) is 5.66. The molecule has 0 spiro atoms. The van der Waals surface area contributed by atoms with Crippen molar-refractivity contribution in [3.8, 4) is 0 Å². The second-order valence-electron chi connectivity index (χ2n) is 5.66. The highest BCUT2D eigenvalue weighted by molar-refractivity contribution is 5.99. The molecule has 0 bridgehead atoms. The van der Waals surface area contributed by atoms with Gasteiger partial charge in [0.25, 0.3) is 5.91 Å². The molecule has 6 nitrogen and oxygen atoms in total. The number of aromatic nitrogens is 2. The minimum atomic E-state index is -0.645. The monoisotopic (exact) mass is 334 g/mol. The lowest BCUT2D eigenvalue weighted by atomic mass is 10.1. The molecule has 2 amide bonds. The van der Waals surface area contributed by atoms with Crippen molar-refractivity contribution in [2.24, 2.45) is 0 Å². The predicted molar refractivity (Wildman–Crippen MR) is 94.8 cm³/mol. The molecule has 1 atom stereocenters. The van der Waals surface area contributed by atoms with Crippen LogP contribution in [0.25, 0.3) is 11.0 Å². The Morgan fingerprint density at radius 1 is 1.00 bits per heavy atom. The van der Waals surface area contributed by atoms with Gasteiger partial charge in [-0.1, -0.05) is 30.3 Å². The second kappa shape index (κ2) is 7.53. The lowest BCUT2D eigenvalue weighted by Gasteiger charge is -2.14. The van der Waals surface area contributed by atoms with E-state index in [4.69, 9.17) is 0 Å². The van der Waals surface area contributed by atoms with E-state index in [9.17, 15) is 9.59 Å². The fourth-order valence-corrected chi connectivity index (χ4v) is 2.39. The highest BCUT2D eigenvalue weighted by Crippen LogP contribution is 2.11. The Kier molecular flexibility index (Phi) is 4.99. The van der Waals surface area contributed by atoms with Crippen LogP contribution in [0.1, 0.15) is 22.8 Å². The lowest BCUT2D eigenvalue weighted by Crippen LogP contribution is -2.44. The number of fused-ring (bicyclic) bond motifs is 1. The van der Waals surface area contributed by atoms with E-state index in [2.05, 4.69) is 20.6 Å². The Morgan fingerprint density at radius 3 is 2.48 bits per heavy atom. The van der Waals surface area contributed by atoms with E-state index in [1.165, 1.54) is 0 Å². The number of carbonyl (C=O) groups is 2. The molecule has 0 radical (unpaired) electrons. The van der Waals surface area contributed by atoms with E-state index in [0.29, 0.717) is 23.1 Å². The van der Waals surface area contributed by atoms with Crippen LogP contribution >= 0.6 is 0 Å². The van der Waals surface area contributed by atoms with Gasteiger partial charge in [-0.2, -0.15) is 0 Å². The van der Waals surface area contributed by atoms with Crippen molar-refractivity contribution >= 4 is 22.8 Å². The quantitative estimate of drug-likeness (QED) is 0.748. The summed E-state index contributed by atoms with van der Waals surface area (Å²) in [5.41, 5.74) is 2.79. The van der Waals surface area contributed by atoms with Gasteiger partial charge >= 0.3 is 0 Å². The molecule has 0 saturated carbocycles. The van der Waals surface area contributed by atoms with Gasteiger partial charge in [-0.25, -0.2) is 0 Å². The van der Waals surface area contributed by atoms with Crippen LogP contribution in [0.5, 0.6) is 0 Å². The van der Waals surface area contributed by atoms with Gasteiger partial charge in [0.1, 0.15) is 6.04 Å². The molecule has 3 rings (SSSR count). The molecule has 0 aliphatic heterocycles. The minimum Gasteiger partial charge on any atom is -0.350 e. The summed E-state index contributed by atoms with van der Waals surface area (Å²) >= 11 is 0. The summed E-state index contributed by atoms with van der Waals surface area (Å²) in [5, 5.41) is 5.51. The van der Waals surface area contributed by atoms with Crippen molar-refractivity contribution in [1.29, 1.82) is 0 Å². The lowest BCUT2D eigenvalue weighted by molar-refractivity contribution is -0.122. The number of hydrogen-bond donors (Lipinski definition) is 2. The summed E-state index contributed by atoms with van der Waals surface area (Å²) in [6.07, 6.45) is 3.17. The summed E-state index contributed by atoms with van der Waals surface area (Å²) in [6, 6.07) is 14.0. The Morgan fingerprint density at radius 2 is 1.72 bits per heavy atom. The first kappa shape index (κ1) is 16.6. The maximum absolute atomic E-state index is 12.3. The van der Waals surface area contributed by atoms with Crippen LogP contribution in [-0.4, -0.2) is 27.8 Å². The summed E-state index contributed by atoms with van der Waals surface area (Å²) in [4.78, 5) is 32.8. The van der Waals surface area contributed by atoms with Crippen LogP contribution < -0.4 is 10.6 Å². The molecule has 0 aliphatic rings. The fraction of sp³-hybridized carbons (Fsp3) is 0.158. The van der Waals surface area contributed by atoms with Crippen LogP contribution in [0.3, 0.4) is 0 Å². The number of hydrogen-bond acceptors (Lipinski definition) is 4. The van der Waals surface area contributed by atoms with Gasteiger partial charge in [-0.15, -0.1) is 0 Å². The number of nitrogens with one attached hydrogen (secondary N) is 2. The number of rotatable bonds is 5. The minimum absolute atomic E-state index is 0.238. The van der Waals surface area contributed by atoms with E-state index < -0.39 is 6.04 Å². The van der Waals surface area contributed by atoms with Crippen LogP contribution in [-0.2, 0) is 11.3 Å². The molecule has 2 aromatic carbocycles. The zero-order chi connectivity index (χ0) is 17.6. The Hall–Kier alpha value is -3.28. The fourth-order valence-electron chi connectivity index (χ4n) is 2.39. The Balaban J connectivity index is 1.59. The molecule has 1 unspecified atom stereocenters. The van der Waals surface area contributed by atoms with Gasteiger partial charge in [0.2, 0.25) is 5.91 Å². The van der Waals surface area contributed by atoms with Crippen molar-refractivity contribution < 1.29 is 9.59 Å². The first-order valence-electron chi connectivity index (χ1n) is 7.97. The van der Waals surface area contributed by atoms with Gasteiger partial charge in [-0.05, 0) is 30.7 Å². The zero-order valence-electron chi connectivity index (χ0n) is 13.8. The average Bonchev–Trinajstić information content (AvgIpc) is 2.66. The van der Waals surface area contributed by atoms with Gasteiger partial charge in [0, 0.05) is 24.5 Å². The number of nitrogens with zero attached hydrogens (tertiary/aromatic N) is 2. The van der Waals surface area contributed by atoms with Crippen LogP contribution in [0.15, 0.2) is 60.9 Å². The van der Waals surface area contributed by atoms with Crippen molar-refractivity contribution in [2.45, 2.75) is 19.5 Å². The SMILES string of the molecule is CC(NC(=O)c1ccc2nccnc2c1)C(=O)NCc1ccccc1. The van der Waals surface area contributed by atoms with Crippen molar-refractivity contribution in [3.05, 3.63) is 72.1 Å². The number of carbonyl (C=O) groups excluding carboxylic acids is 2. The van der Waals surface area contributed by atoms with Gasteiger partial charge in [0.15, 0.2) is 0 Å². The van der Waals surface area contributed by atoms with E-state index >= 15 is 0 Å². The number of benzene rings is 2. The predicted octanol–water partition coefficient (Wildman–Crippen LogP) is 2.06. The van der Waals surface area contributed by atoms with Crippen molar-refractivity contribution in [1.82, 2.24) is 20.6 Å². The largest absolute Gasteiger partial charge is 0.350 e. The summed E-state index contributed by atoms with van der Waals surface area (Å²) in [6.45, 7) is 2.07. The smallest absolute Gasteiger partial charge is 0.251 e. The van der Waals surface area contributed by atoms with Gasteiger partial charge in [-0.3, -0.25) is 19.6 Å². The van der Waals surface area contributed by atoms with E-state index in [-0.39, 0.29) is 11.8 Å². The molecule has 0 aliphatic carbocycles. The van der Waals surface area contributed by atoms with E-state index in [0.717, 1.165) is 5.56 Å². The van der Waals surface area contributed by atoms with Gasteiger partial charge < -0.3 is 10.6 Å². The molecular formula is C19H18N4O2. The summed E-state index contributed by atoms with van der Waals surface area (Å²) < 4.78 is 0. The molecule has 0 fully saturated rings. The molecule has 25 heavy (non-hydrogen) atoms. The number of amides is 2. The van der Waals surface area contributed by atoms with Crippen molar-refractivity contribution in [2.75, 3.05) is 0 Å². The highest BCUT2D eigenvalue weighted by atomic mass is 16.2. The topological polar surface area (TPSA) is 84.0 Å². The Bertz CT molecular complexity index is 896. The Labute approximate surface area is 145 Å². The zero-order valence-corrected chi connectivity index (χ0v) is 13.8. The molecule has 126 valence electrons. The van der Waals surface area contributed by atoms with Crippen molar-refractivity contribution in [3.63, 3.8) is 0 Å². The van der Waals surface area contributed by atoms with Crippen LogP contribution in [0.4, 0.5) is 0 Å². The van der Waals surface area contributed by atoms with E-state index in [1.54, 1.807) is 37.5 Å².